The molecule has 2 aromatic heterocycles. The van der Waals surface area contributed by atoms with Crippen molar-refractivity contribution in [1.82, 2.24) is 9.97 Å². The van der Waals surface area contributed by atoms with E-state index in [1.807, 2.05) is 31.2 Å². The number of rotatable bonds is 4. The van der Waals surface area contributed by atoms with Gasteiger partial charge in [-0.05, 0) is 13.0 Å². The number of hydrogen-bond donors (Lipinski definition) is 2. The number of nitrogens with one attached hydrogen (secondary N) is 1. The number of furan rings is 1. The summed E-state index contributed by atoms with van der Waals surface area (Å²) in [5, 5.41) is 4.19. The molecule has 102 valence electrons. The van der Waals surface area contributed by atoms with E-state index in [1.165, 1.54) is 0 Å². The van der Waals surface area contributed by atoms with Crippen LogP contribution in [0.25, 0.3) is 22.1 Å². The van der Waals surface area contributed by atoms with Gasteiger partial charge in [-0.25, -0.2) is 9.97 Å². The fourth-order valence-corrected chi connectivity index (χ4v) is 2.02. The van der Waals surface area contributed by atoms with E-state index in [1.54, 1.807) is 18.7 Å². The highest BCUT2D eigenvalue weighted by atomic mass is 16.3. The van der Waals surface area contributed by atoms with Crippen molar-refractivity contribution >= 4 is 16.9 Å². The summed E-state index contributed by atoms with van der Waals surface area (Å²) in [5.74, 6) is 0.583. The molecule has 0 aliphatic rings. The molecule has 0 fully saturated rings. The van der Waals surface area contributed by atoms with Crippen LogP contribution in [0.4, 0.5) is 5.95 Å². The van der Waals surface area contributed by atoms with Gasteiger partial charge in [-0.2, -0.15) is 0 Å². The minimum absolute atomic E-state index is 0.149. The van der Waals surface area contributed by atoms with Gasteiger partial charge in [-0.1, -0.05) is 18.2 Å². The monoisotopic (exact) mass is 268 g/mol. The van der Waals surface area contributed by atoms with Gasteiger partial charge >= 0.3 is 0 Å². The molecule has 1 aromatic carbocycles. The smallest absolute Gasteiger partial charge is 0.222 e. The standard InChI is InChI=1S/C15H16N4O/c1-10(6-16)19-15-17-7-11(8-18-15)13-9-20-14-5-3-2-4-12(13)14/h2-5,7-10H,6,16H2,1H3,(H,17,18,19). The fraction of sp³-hybridized carbons (Fsp3) is 0.200. The molecule has 0 aliphatic carbocycles. The third-order valence-corrected chi connectivity index (χ3v) is 3.17. The maximum atomic E-state index is 5.56. The minimum atomic E-state index is 0.149. The third-order valence-electron chi connectivity index (χ3n) is 3.17. The summed E-state index contributed by atoms with van der Waals surface area (Å²) in [6, 6.07) is 8.06. The highest BCUT2D eigenvalue weighted by Crippen LogP contribution is 2.29. The predicted molar refractivity (Wildman–Crippen MR) is 79.4 cm³/mol. The average Bonchev–Trinajstić information content (AvgIpc) is 2.92. The van der Waals surface area contributed by atoms with Crippen LogP contribution in [-0.2, 0) is 0 Å². The van der Waals surface area contributed by atoms with Crippen molar-refractivity contribution in [2.75, 3.05) is 11.9 Å². The molecule has 1 atom stereocenters. The summed E-state index contributed by atoms with van der Waals surface area (Å²) in [6.07, 6.45) is 5.31. The summed E-state index contributed by atoms with van der Waals surface area (Å²) in [5.41, 5.74) is 8.35. The molecular formula is C15H16N4O. The van der Waals surface area contributed by atoms with E-state index in [4.69, 9.17) is 10.2 Å². The first-order chi connectivity index (χ1) is 9.78. The number of para-hydroxylation sites is 1. The van der Waals surface area contributed by atoms with Gasteiger partial charge in [0, 0.05) is 41.5 Å². The van der Waals surface area contributed by atoms with E-state index < -0.39 is 0 Å². The van der Waals surface area contributed by atoms with Crippen molar-refractivity contribution < 1.29 is 4.42 Å². The maximum Gasteiger partial charge on any atom is 0.222 e. The van der Waals surface area contributed by atoms with Crippen LogP contribution in [0.2, 0.25) is 0 Å². The molecular weight excluding hydrogens is 252 g/mol. The van der Waals surface area contributed by atoms with Crippen LogP contribution >= 0.6 is 0 Å². The molecule has 0 saturated carbocycles. The van der Waals surface area contributed by atoms with E-state index >= 15 is 0 Å². The molecule has 5 nitrogen and oxygen atoms in total. The molecule has 0 radical (unpaired) electrons. The molecule has 3 rings (SSSR count). The molecule has 0 spiro atoms. The Hall–Kier alpha value is -2.40. The number of aromatic nitrogens is 2. The Bertz CT molecular complexity index is 705. The maximum absolute atomic E-state index is 5.56. The van der Waals surface area contributed by atoms with E-state index in [0.717, 1.165) is 22.1 Å². The van der Waals surface area contributed by atoms with Gasteiger partial charge in [0.25, 0.3) is 0 Å². The first-order valence-corrected chi connectivity index (χ1v) is 6.53. The van der Waals surface area contributed by atoms with Crippen LogP contribution in [0.3, 0.4) is 0 Å². The van der Waals surface area contributed by atoms with Gasteiger partial charge in [-0.15, -0.1) is 0 Å². The predicted octanol–water partition coefficient (Wildman–Crippen LogP) is 2.65. The Morgan fingerprint density at radius 1 is 1.25 bits per heavy atom. The van der Waals surface area contributed by atoms with Gasteiger partial charge in [0.15, 0.2) is 0 Å². The van der Waals surface area contributed by atoms with Crippen molar-refractivity contribution in [3.05, 3.63) is 42.9 Å². The molecule has 0 aliphatic heterocycles. The lowest BCUT2D eigenvalue weighted by Crippen LogP contribution is -2.26. The van der Waals surface area contributed by atoms with E-state index in [2.05, 4.69) is 15.3 Å². The average molecular weight is 268 g/mol. The molecule has 3 N–H and O–H groups in total. The Labute approximate surface area is 116 Å². The lowest BCUT2D eigenvalue weighted by molar-refractivity contribution is 0.617. The molecule has 0 amide bonds. The summed E-state index contributed by atoms with van der Waals surface area (Å²) >= 11 is 0. The number of benzene rings is 1. The second-order valence-corrected chi connectivity index (χ2v) is 4.72. The minimum Gasteiger partial charge on any atom is -0.464 e. The molecule has 20 heavy (non-hydrogen) atoms. The van der Waals surface area contributed by atoms with Crippen molar-refractivity contribution in [3.8, 4) is 11.1 Å². The van der Waals surface area contributed by atoms with Crippen molar-refractivity contribution in [2.45, 2.75) is 13.0 Å². The van der Waals surface area contributed by atoms with E-state index in [0.29, 0.717) is 12.5 Å². The van der Waals surface area contributed by atoms with Gasteiger partial charge < -0.3 is 15.5 Å². The van der Waals surface area contributed by atoms with Crippen LogP contribution in [0.5, 0.6) is 0 Å². The Balaban J connectivity index is 1.91. The lowest BCUT2D eigenvalue weighted by Gasteiger charge is -2.10. The van der Waals surface area contributed by atoms with E-state index in [-0.39, 0.29) is 6.04 Å². The number of fused-ring (bicyclic) bond motifs is 1. The van der Waals surface area contributed by atoms with E-state index in [9.17, 15) is 0 Å². The molecule has 0 bridgehead atoms. The Morgan fingerprint density at radius 3 is 2.75 bits per heavy atom. The van der Waals surface area contributed by atoms with Gasteiger partial charge in [-0.3, -0.25) is 0 Å². The van der Waals surface area contributed by atoms with Gasteiger partial charge in [0.1, 0.15) is 5.58 Å². The van der Waals surface area contributed by atoms with Gasteiger partial charge in [0.05, 0.1) is 6.26 Å². The molecule has 2 heterocycles. The second kappa shape index (κ2) is 5.30. The van der Waals surface area contributed by atoms with Crippen LogP contribution in [-0.4, -0.2) is 22.6 Å². The molecule has 3 aromatic rings. The highest BCUT2D eigenvalue weighted by molar-refractivity contribution is 5.93. The molecule has 0 saturated heterocycles. The van der Waals surface area contributed by atoms with Crippen LogP contribution < -0.4 is 11.1 Å². The van der Waals surface area contributed by atoms with Crippen molar-refractivity contribution in [3.63, 3.8) is 0 Å². The summed E-state index contributed by atoms with van der Waals surface area (Å²) in [6.45, 7) is 2.53. The Kier molecular flexibility index (Phi) is 3.35. The zero-order valence-corrected chi connectivity index (χ0v) is 11.2. The third kappa shape index (κ3) is 2.35. The van der Waals surface area contributed by atoms with Crippen LogP contribution in [0.15, 0.2) is 47.3 Å². The quantitative estimate of drug-likeness (QED) is 0.760. The summed E-state index contributed by atoms with van der Waals surface area (Å²) in [4.78, 5) is 8.62. The van der Waals surface area contributed by atoms with Crippen LogP contribution in [0.1, 0.15) is 6.92 Å². The number of nitrogens with zero attached hydrogens (tertiary/aromatic N) is 2. The van der Waals surface area contributed by atoms with Crippen molar-refractivity contribution in [2.24, 2.45) is 5.73 Å². The fourth-order valence-electron chi connectivity index (χ4n) is 2.02. The number of anilines is 1. The molecule has 1 unspecified atom stereocenters. The SMILES string of the molecule is CC(CN)Nc1ncc(-c2coc3ccccc23)cn1. The summed E-state index contributed by atoms with van der Waals surface area (Å²) < 4.78 is 5.53. The number of hydrogen-bond acceptors (Lipinski definition) is 5. The second-order valence-electron chi connectivity index (χ2n) is 4.72. The highest BCUT2D eigenvalue weighted by Gasteiger charge is 2.09. The van der Waals surface area contributed by atoms with Crippen molar-refractivity contribution in [1.29, 1.82) is 0 Å². The topological polar surface area (TPSA) is 77.0 Å². The normalized spacial score (nSPS) is 12.5. The largest absolute Gasteiger partial charge is 0.464 e. The summed E-state index contributed by atoms with van der Waals surface area (Å²) in [7, 11) is 0. The zero-order valence-electron chi connectivity index (χ0n) is 11.2. The first-order valence-electron chi connectivity index (χ1n) is 6.53. The Morgan fingerprint density at radius 2 is 2.00 bits per heavy atom. The van der Waals surface area contributed by atoms with Gasteiger partial charge in [0.2, 0.25) is 5.95 Å². The first kappa shape index (κ1) is 12.6. The van der Waals surface area contributed by atoms with Crippen LogP contribution in [0, 0.1) is 0 Å². The lowest BCUT2D eigenvalue weighted by atomic mass is 10.1. The number of nitrogens with two attached hydrogens (primary N) is 1. The zero-order chi connectivity index (χ0) is 13.9. The molecule has 5 heteroatoms.